The van der Waals surface area contributed by atoms with E-state index in [1.165, 1.54) is 12.0 Å². The van der Waals surface area contributed by atoms with Gasteiger partial charge in [0.15, 0.2) is 5.82 Å². The molecule has 0 amide bonds. The minimum absolute atomic E-state index is 0.218. The third kappa shape index (κ3) is 3.22. The van der Waals surface area contributed by atoms with Crippen molar-refractivity contribution in [2.24, 2.45) is 0 Å². The molecule has 1 aliphatic heterocycles. The van der Waals surface area contributed by atoms with Crippen LogP contribution in [0, 0.1) is 5.41 Å². The Kier molecular flexibility index (Phi) is 4.74. The zero-order chi connectivity index (χ0) is 17.1. The highest BCUT2D eigenvalue weighted by Crippen LogP contribution is 2.30. The molecule has 1 atom stereocenters. The molecule has 0 radical (unpaired) electrons. The van der Waals surface area contributed by atoms with E-state index in [4.69, 9.17) is 11.1 Å². The molecule has 0 saturated carbocycles. The second-order valence-corrected chi connectivity index (χ2v) is 6.50. The molecule has 2 heterocycles. The molecular formula is C18H25N5O. The van der Waals surface area contributed by atoms with E-state index < -0.39 is 0 Å². The largest absolute Gasteiger partial charge is 0.423 e. The van der Waals surface area contributed by atoms with E-state index in [9.17, 15) is 5.21 Å². The summed E-state index contributed by atoms with van der Waals surface area (Å²) in [6, 6.07) is 10.2. The van der Waals surface area contributed by atoms with Crippen LogP contribution in [-0.4, -0.2) is 28.0 Å². The van der Waals surface area contributed by atoms with Gasteiger partial charge in [0, 0.05) is 18.7 Å². The van der Waals surface area contributed by atoms with Gasteiger partial charge < -0.3 is 15.8 Å². The Morgan fingerprint density at radius 3 is 2.54 bits per heavy atom. The van der Waals surface area contributed by atoms with Crippen LogP contribution in [-0.2, 0) is 6.42 Å². The number of anilines is 2. The minimum Gasteiger partial charge on any atom is -0.423 e. The highest BCUT2D eigenvalue weighted by molar-refractivity contribution is 5.57. The standard InChI is InChI=1S/C18H25N5O/c1-13(14-8-4-2-5-9-14)12-15-16(19)23(24)18(20)21-17(15)22-10-6-3-7-11-22/h2,4-5,8-9,13,20,24H,3,6-7,10-12,19H2,1H3. The number of hydrogen-bond donors (Lipinski definition) is 3. The number of nitrogens with two attached hydrogens (primary N) is 1. The number of benzene rings is 1. The van der Waals surface area contributed by atoms with Crippen molar-refractivity contribution in [1.82, 2.24) is 9.71 Å². The van der Waals surface area contributed by atoms with Gasteiger partial charge in [0.25, 0.3) is 5.62 Å². The van der Waals surface area contributed by atoms with Crippen molar-refractivity contribution in [3.05, 3.63) is 47.1 Å². The maximum absolute atomic E-state index is 10.0. The average molecular weight is 327 g/mol. The fraction of sp³-hybridized carbons (Fsp3) is 0.444. The maximum atomic E-state index is 10.0. The summed E-state index contributed by atoms with van der Waals surface area (Å²) in [7, 11) is 0. The number of aromatic nitrogens is 2. The lowest BCUT2D eigenvalue weighted by molar-refractivity contribution is 0.171. The number of nitrogens with one attached hydrogen (secondary N) is 1. The topological polar surface area (TPSA) is 91.2 Å². The number of nitrogen functional groups attached to an aromatic ring is 1. The smallest absolute Gasteiger partial charge is 0.259 e. The molecule has 1 aromatic heterocycles. The van der Waals surface area contributed by atoms with Crippen LogP contribution in [0.15, 0.2) is 30.3 Å². The molecule has 1 saturated heterocycles. The molecule has 1 aromatic carbocycles. The van der Waals surface area contributed by atoms with E-state index in [2.05, 4.69) is 28.9 Å². The molecule has 0 spiro atoms. The lowest BCUT2D eigenvalue weighted by Crippen LogP contribution is -2.36. The maximum Gasteiger partial charge on any atom is 0.259 e. The monoisotopic (exact) mass is 327 g/mol. The molecule has 0 bridgehead atoms. The second kappa shape index (κ2) is 6.95. The zero-order valence-corrected chi connectivity index (χ0v) is 14.1. The molecule has 0 aliphatic carbocycles. The van der Waals surface area contributed by atoms with Crippen LogP contribution < -0.4 is 16.3 Å². The summed E-state index contributed by atoms with van der Waals surface area (Å²) < 4.78 is 0.681. The van der Waals surface area contributed by atoms with E-state index in [1.807, 2.05) is 18.2 Å². The summed E-state index contributed by atoms with van der Waals surface area (Å²) in [5, 5.41) is 17.9. The van der Waals surface area contributed by atoms with Crippen molar-refractivity contribution >= 4 is 11.6 Å². The first-order valence-electron chi connectivity index (χ1n) is 8.53. The SMILES string of the molecule is CC(Cc1c(N2CCCCC2)nc(=N)n(O)c1N)c1ccccc1. The summed E-state index contributed by atoms with van der Waals surface area (Å²) >= 11 is 0. The summed E-state index contributed by atoms with van der Waals surface area (Å²) in [5.41, 5.74) is 7.97. The number of hydrogen-bond acceptors (Lipinski definition) is 5. The summed E-state index contributed by atoms with van der Waals surface area (Å²) in [5.74, 6) is 1.22. The van der Waals surface area contributed by atoms with Gasteiger partial charge >= 0.3 is 0 Å². The van der Waals surface area contributed by atoms with Gasteiger partial charge in [-0.1, -0.05) is 37.3 Å². The third-order valence-electron chi connectivity index (χ3n) is 4.75. The van der Waals surface area contributed by atoms with E-state index in [-0.39, 0.29) is 17.4 Å². The predicted molar refractivity (Wildman–Crippen MR) is 94.3 cm³/mol. The Bertz CT molecular complexity index is 750. The molecule has 128 valence electrons. The highest BCUT2D eigenvalue weighted by Gasteiger charge is 2.22. The second-order valence-electron chi connectivity index (χ2n) is 6.50. The van der Waals surface area contributed by atoms with Gasteiger partial charge in [0.05, 0.1) is 0 Å². The molecule has 2 aromatic rings. The lowest BCUT2D eigenvalue weighted by atomic mass is 9.93. The number of rotatable bonds is 4. The van der Waals surface area contributed by atoms with Gasteiger partial charge in [0.2, 0.25) is 0 Å². The molecular weight excluding hydrogens is 302 g/mol. The van der Waals surface area contributed by atoms with Crippen LogP contribution in [0.2, 0.25) is 0 Å². The minimum atomic E-state index is -0.218. The van der Waals surface area contributed by atoms with Gasteiger partial charge in [-0.15, -0.1) is 4.73 Å². The normalized spacial score (nSPS) is 16.1. The molecule has 4 N–H and O–H groups in total. The Morgan fingerprint density at radius 2 is 1.88 bits per heavy atom. The van der Waals surface area contributed by atoms with Crippen molar-refractivity contribution in [2.75, 3.05) is 23.7 Å². The fourth-order valence-electron chi connectivity index (χ4n) is 3.34. The van der Waals surface area contributed by atoms with E-state index in [1.54, 1.807) is 0 Å². The van der Waals surface area contributed by atoms with Gasteiger partial charge in [-0.25, -0.2) is 0 Å². The first kappa shape index (κ1) is 16.4. The van der Waals surface area contributed by atoms with Crippen LogP contribution >= 0.6 is 0 Å². The van der Waals surface area contributed by atoms with Crippen molar-refractivity contribution in [1.29, 1.82) is 5.41 Å². The summed E-state index contributed by atoms with van der Waals surface area (Å²) in [6.45, 7) is 3.99. The lowest BCUT2D eigenvalue weighted by Gasteiger charge is -2.30. The molecule has 1 unspecified atom stereocenters. The highest BCUT2D eigenvalue weighted by atomic mass is 16.5. The number of nitrogens with zero attached hydrogens (tertiary/aromatic N) is 3. The van der Waals surface area contributed by atoms with Crippen molar-refractivity contribution in [3.63, 3.8) is 0 Å². The van der Waals surface area contributed by atoms with Crippen molar-refractivity contribution < 1.29 is 5.21 Å². The van der Waals surface area contributed by atoms with E-state index in [0.717, 1.165) is 37.3 Å². The Morgan fingerprint density at radius 1 is 1.21 bits per heavy atom. The van der Waals surface area contributed by atoms with Gasteiger partial charge in [0.1, 0.15) is 5.82 Å². The quantitative estimate of drug-likeness (QED) is 0.753. The van der Waals surface area contributed by atoms with E-state index >= 15 is 0 Å². The molecule has 3 rings (SSSR count). The first-order chi connectivity index (χ1) is 11.6. The van der Waals surface area contributed by atoms with Crippen LogP contribution in [0.4, 0.5) is 11.6 Å². The predicted octanol–water partition coefficient (Wildman–Crippen LogP) is 2.52. The molecule has 24 heavy (non-hydrogen) atoms. The van der Waals surface area contributed by atoms with Crippen LogP contribution in [0.3, 0.4) is 0 Å². The average Bonchev–Trinajstić information content (AvgIpc) is 2.63. The van der Waals surface area contributed by atoms with Crippen LogP contribution in [0.5, 0.6) is 0 Å². The summed E-state index contributed by atoms with van der Waals surface area (Å²) in [4.78, 5) is 6.53. The van der Waals surface area contributed by atoms with Crippen molar-refractivity contribution in [2.45, 2.75) is 38.5 Å². The molecule has 1 fully saturated rings. The van der Waals surface area contributed by atoms with Gasteiger partial charge in [-0.05, 0) is 37.2 Å². The molecule has 6 heteroatoms. The fourth-order valence-corrected chi connectivity index (χ4v) is 3.34. The number of piperidine rings is 1. The van der Waals surface area contributed by atoms with Crippen LogP contribution in [0.1, 0.15) is 43.2 Å². The summed E-state index contributed by atoms with van der Waals surface area (Å²) in [6.07, 6.45) is 4.14. The van der Waals surface area contributed by atoms with Gasteiger partial charge in [-0.3, -0.25) is 5.41 Å². The Hall–Kier alpha value is -2.50. The van der Waals surface area contributed by atoms with E-state index in [0.29, 0.717) is 11.2 Å². The first-order valence-corrected chi connectivity index (χ1v) is 8.53. The molecule has 1 aliphatic rings. The van der Waals surface area contributed by atoms with Crippen LogP contribution in [0.25, 0.3) is 0 Å². The molecule has 6 nitrogen and oxygen atoms in total. The Balaban J connectivity index is 1.98. The van der Waals surface area contributed by atoms with Crippen molar-refractivity contribution in [3.8, 4) is 0 Å². The van der Waals surface area contributed by atoms with Gasteiger partial charge in [-0.2, -0.15) is 4.98 Å². The Labute approximate surface area is 142 Å². The zero-order valence-electron chi connectivity index (χ0n) is 14.1. The third-order valence-corrected chi connectivity index (χ3v) is 4.75.